The standard InChI is InChI=1S/C13H20INO4S2/c1-6(14)12(16)19-10-7-5-8-11(20-7)9(10)15(13(2,3)4)21(8,17)18/h6-11H,5H2,1-4H3. The smallest absolute Gasteiger partial charge is 0.318 e. The van der Waals surface area contributed by atoms with Gasteiger partial charge in [-0.2, -0.15) is 4.31 Å². The fourth-order valence-corrected chi connectivity index (χ4v) is 9.08. The molecule has 6 atom stereocenters. The lowest BCUT2D eigenvalue weighted by molar-refractivity contribution is -0.150. The number of alkyl halides is 1. The van der Waals surface area contributed by atoms with E-state index >= 15 is 0 Å². The lowest BCUT2D eigenvalue weighted by Crippen LogP contribution is -2.53. The van der Waals surface area contributed by atoms with Crippen molar-refractivity contribution >= 4 is 50.3 Å². The number of carbonyl (C=O) groups is 1. The average molecular weight is 445 g/mol. The summed E-state index contributed by atoms with van der Waals surface area (Å²) in [5.74, 6) is -0.247. The summed E-state index contributed by atoms with van der Waals surface area (Å²) in [6, 6.07) is -0.206. The van der Waals surface area contributed by atoms with Gasteiger partial charge in [-0.25, -0.2) is 8.42 Å². The van der Waals surface area contributed by atoms with Gasteiger partial charge in [-0.05, 0) is 34.1 Å². The number of hydrogen-bond donors (Lipinski definition) is 0. The van der Waals surface area contributed by atoms with E-state index in [9.17, 15) is 13.2 Å². The topological polar surface area (TPSA) is 63.7 Å². The van der Waals surface area contributed by atoms with Crippen molar-refractivity contribution < 1.29 is 17.9 Å². The Bertz CT molecular complexity index is 571. The second-order valence-electron chi connectivity index (χ2n) is 6.93. The summed E-state index contributed by atoms with van der Waals surface area (Å²) in [4.78, 5) is 12.0. The molecule has 3 aliphatic rings. The van der Waals surface area contributed by atoms with E-state index in [-0.39, 0.29) is 37.8 Å². The highest BCUT2D eigenvalue weighted by Crippen LogP contribution is 2.58. The van der Waals surface area contributed by atoms with Crippen LogP contribution < -0.4 is 0 Å². The van der Waals surface area contributed by atoms with E-state index in [0.29, 0.717) is 6.42 Å². The van der Waals surface area contributed by atoms with E-state index in [0.717, 1.165) is 0 Å². The van der Waals surface area contributed by atoms with Crippen molar-refractivity contribution in [1.82, 2.24) is 4.31 Å². The van der Waals surface area contributed by atoms with Crippen LogP contribution in [0.2, 0.25) is 0 Å². The van der Waals surface area contributed by atoms with Crippen molar-refractivity contribution in [2.24, 2.45) is 0 Å². The fourth-order valence-electron chi connectivity index (χ4n) is 3.70. The molecule has 0 aliphatic carbocycles. The number of nitrogens with zero attached hydrogens (tertiary/aromatic N) is 1. The number of carbonyl (C=O) groups excluding carboxylic acids is 1. The number of halogens is 1. The summed E-state index contributed by atoms with van der Waals surface area (Å²) in [7, 11) is -3.30. The molecule has 0 radical (unpaired) electrons. The largest absolute Gasteiger partial charge is 0.459 e. The lowest BCUT2D eigenvalue weighted by atomic mass is 9.90. The Morgan fingerprint density at radius 2 is 2.05 bits per heavy atom. The van der Waals surface area contributed by atoms with Gasteiger partial charge in [0.2, 0.25) is 10.0 Å². The molecule has 0 saturated carbocycles. The van der Waals surface area contributed by atoms with Crippen LogP contribution >= 0.6 is 34.4 Å². The molecule has 21 heavy (non-hydrogen) atoms. The first-order valence-corrected chi connectivity index (χ1v) is 10.8. The van der Waals surface area contributed by atoms with Crippen molar-refractivity contribution in [1.29, 1.82) is 0 Å². The molecule has 3 fully saturated rings. The Hall–Kier alpha value is 0.460. The summed E-state index contributed by atoms with van der Waals surface area (Å²) < 4.78 is 32.7. The number of hydrogen-bond acceptors (Lipinski definition) is 5. The molecular formula is C13H20INO4S2. The second-order valence-corrected chi connectivity index (χ2v) is 12.3. The van der Waals surface area contributed by atoms with Crippen molar-refractivity contribution in [3.8, 4) is 0 Å². The van der Waals surface area contributed by atoms with Crippen LogP contribution in [-0.4, -0.2) is 56.1 Å². The molecule has 3 saturated heterocycles. The van der Waals surface area contributed by atoms with E-state index in [4.69, 9.17) is 4.74 Å². The van der Waals surface area contributed by atoms with Crippen LogP contribution in [0.5, 0.6) is 0 Å². The number of rotatable bonds is 2. The highest BCUT2D eigenvalue weighted by Gasteiger charge is 2.70. The van der Waals surface area contributed by atoms with Gasteiger partial charge in [0.15, 0.2) is 0 Å². The third kappa shape index (κ3) is 2.35. The molecule has 0 spiro atoms. The maximum absolute atomic E-state index is 12.8. The molecule has 3 rings (SSSR count). The van der Waals surface area contributed by atoms with Crippen LogP contribution in [0.25, 0.3) is 0 Å². The van der Waals surface area contributed by atoms with E-state index in [1.54, 1.807) is 23.0 Å². The summed E-state index contributed by atoms with van der Waals surface area (Å²) in [5, 5.41) is -0.142. The van der Waals surface area contributed by atoms with Gasteiger partial charge in [0.25, 0.3) is 0 Å². The molecule has 0 aromatic heterocycles. The molecule has 3 heterocycles. The van der Waals surface area contributed by atoms with Gasteiger partial charge in [0, 0.05) is 16.0 Å². The molecule has 2 bridgehead atoms. The highest BCUT2D eigenvalue weighted by atomic mass is 127. The normalized spacial score (nSPS) is 42.2. The van der Waals surface area contributed by atoms with Crippen LogP contribution in [0.1, 0.15) is 34.1 Å². The third-order valence-electron chi connectivity index (χ3n) is 4.37. The zero-order valence-corrected chi connectivity index (χ0v) is 16.2. The number of thioether (sulfide) groups is 1. The Morgan fingerprint density at radius 1 is 1.43 bits per heavy atom. The van der Waals surface area contributed by atoms with Gasteiger partial charge in [0.05, 0.1) is 11.3 Å². The molecule has 8 heteroatoms. The Balaban J connectivity index is 1.96. The Kier molecular flexibility index (Phi) is 3.87. The summed E-state index contributed by atoms with van der Waals surface area (Å²) in [6.07, 6.45) is 0.298. The predicted molar refractivity (Wildman–Crippen MR) is 91.2 cm³/mol. The molecule has 0 amide bonds. The minimum Gasteiger partial charge on any atom is -0.459 e. The molecule has 0 N–H and O–H groups in total. The van der Waals surface area contributed by atoms with Crippen molar-refractivity contribution in [3.63, 3.8) is 0 Å². The van der Waals surface area contributed by atoms with Crippen LogP contribution in [0.4, 0.5) is 0 Å². The van der Waals surface area contributed by atoms with Crippen LogP contribution in [0.3, 0.4) is 0 Å². The molecule has 0 aromatic carbocycles. The van der Waals surface area contributed by atoms with Crippen LogP contribution in [0, 0.1) is 0 Å². The maximum atomic E-state index is 12.8. The second kappa shape index (κ2) is 4.98. The minimum absolute atomic E-state index is 0.0431. The molecule has 6 unspecified atom stereocenters. The third-order valence-corrected chi connectivity index (χ3v) is 9.37. The average Bonchev–Trinajstić information content (AvgIpc) is 2.90. The first-order chi connectivity index (χ1) is 9.55. The zero-order chi connectivity index (χ0) is 15.7. The van der Waals surface area contributed by atoms with E-state index in [2.05, 4.69) is 0 Å². The minimum atomic E-state index is -3.30. The summed E-state index contributed by atoms with van der Waals surface area (Å²) in [5.41, 5.74) is -0.489. The predicted octanol–water partition coefficient (Wildman–Crippen LogP) is 1.79. The molecule has 120 valence electrons. The van der Waals surface area contributed by atoms with Gasteiger partial charge in [0.1, 0.15) is 10.0 Å². The van der Waals surface area contributed by atoms with Gasteiger partial charge >= 0.3 is 5.97 Å². The number of ether oxygens (including phenoxy) is 1. The maximum Gasteiger partial charge on any atom is 0.318 e. The summed E-state index contributed by atoms with van der Waals surface area (Å²) >= 11 is 3.72. The Labute approximate surface area is 143 Å². The number of sulfonamides is 1. The van der Waals surface area contributed by atoms with E-state index in [1.165, 1.54) is 0 Å². The molecule has 5 nitrogen and oxygen atoms in total. The summed E-state index contributed by atoms with van der Waals surface area (Å²) in [6.45, 7) is 7.52. The molecule has 3 aliphatic heterocycles. The van der Waals surface area contributed by atoms with Crippen molar-refractivity contribution in [2.45, 2.75) is 71.5 Å². The van der Waals surface area contributed by atoms with Crippen LogP contribution in [-0.2, 0) is 19.6 Å². The monoisotopic (exact) mass is 445 g/mol. The quantitative estimate of drug-likeness (QED) is 0.369. The van der Waals surface area contributed by atoms with Gasteiger partial charge in [-0.1, -0.05) is 22.6 Å². The van der Waals surface area contributed by atoms with Gasteiger partial charge in [-0.3, -0.25) is 4.79 Å². The van der Waals surface area contributed by atoms with Crippen LogP contribution in [0.15, 0.2) is 0 Å². The van der Waals surface area contributed by atoms with Gasteiger partial charge < -0.3 is 4.74 Å². The molecule has 0 aromatic rings. The van der Waals surface area contributed by atoms with E-state index < -0.39 is 15.6 Å². The SMILES string of the molecule is CC(I)C(=O)OC1C2CC3C(S2)C1N(C(C)(C)C)S3(=O)=O. The number of fused-ring (bicyclic) bond motifs is 1. The molecular weight excluding hydrogens is 425 g/mol. The first kappa shape index (κ1) is 16.3. The number of esters is 1. The highest BCUT2D eigenvalue weighted by molar-refractivity contribution is 14.1. The van der Waals surface area contributed by atoms with E-state index in [1.807, 2.05) is 43.4 Å². The Morgan fingerprint density at radius 3 is 2.57 bits per heavy atom. The lowest BCUT2D eigenvalue weighted by Gasteiger charge is -2.37. The van der Waals surface area contributed by atoms with Crippen molar-refractivity contribution in [2.75, 3.05) is 0 Å². The fraction of sp³-hybridized carbons (Fsp3) is 0.923. The first-order valence-electron chi connectivity index (χ1n) is 7.08. The van der Waals surface area contributed by atoms with Gasteiger partial charge in [-0.15, -0.1) is 11.8 Å². The van der Waals surface area contributed by atoms with Crippen molar-refractivity contribution in [3.05, 3.63) is 0 Å². The zero-order valence-electron chi connectivity index (χ0n) is 12.4.